The Morgan fingerprint density at radius 1 is 0.600 bits per heavy atom. The van der Waals surface area contributed by atoms with Crippen LogP contribution in [0.3, 0.4) is 0 Å². The molecule has 0 aromatic carbocycles. The molecule has 0 saturated carbocycles. The molecule has 20 heavy (non-hydrogen) atoms. The maximum Gasteiger partial charge on any atom is -0.0277 e. The molecule has 0 unspecified atom stereocenters. The van der Waals surface area contributed by atoms with Crippen molar-refractivity contribution in [2.75, 3.05) is 0 Å². The number of hydrogen-bond donors (Lipinski definition) is 0. The first kappa shape index (κ1) is 19.5. The highest BCUT2D eigenvalue weighted by atomic mass is 14.2. The van der Waals surface area contributed by atoms with E-state index >= 15 is 0 Å². The predicted octanol–water partition coefficient (Wildman–Crippen LogP) is 7.60. The molecule has 0 saturated heterocycles. The third-order valence-corrected chi connectivity index (χ3v) is 4.13. The lowest BCUT2D eigenvalue weighted by molar-refractivity contribution is 0.682. The topological polar surface area (TPSA) is 0 Å². The quantitative estimate of drug-likeness (QED) is 0.304. The lowest BCUT2D eigenvalue weighted by atomic mass is 9.88. The summed E-state index contributed by atoms with van der Waals surface area (Å²) in [7, 11) is 0. The normalized spacial score (nSPS) is 10.6. The molecule has 0 aliphatic rings. The Balaban J connectivity index is 4.96. The van der Waals surface area contributed by atoms with Gasteiger partial charge in [-0.25, -0.2) is 0 Å². The van der Waals surface area contributed by atoms with Gasteiger partial charge in [0, 0.05) is 0 Å². The van der Waals surface area contributed by atoms with Crippen molar-refractivity contribution in [3.05, 3.63) is 23.3 Å². The predicted molar refractivity (Wildman–Crippen MR) is 94.3 cm³/mol. The van der Waals surface area contributed by atoms with E-state index in [1.165, 1.54) is 82.6 Å². The molecule has 0 amide bonds. The molecule has 118 valence electrons. The van der Waals surface area contributed by atoms with Crippen molar-refractivity contribution < 1.29 is 0 Å². The average molecular weight is 279 g/mol. The first-order chi connectivity index (χ1) is 9.71. The van der Waals surface area contributed by atoms with E-state index in [0.717, 1.165) is 0 Å². The van der Waals surface area contributed by atoms with Crippen molar-refractivity contribution in [1.29, 1.82) is 0 Å². The van der Waals surface area contributed by atoms with Gasteiger partial charge in [0.15, 0.2) is 0 Å². The fourth-order valence-corrected chi connectivity index (χ4v) is 2.71. The molecule has 0 radical (unpaired) electrons. The highest BCUT2D eigenvalue weighted by Crippen LogP contribution is 2.29. The van der Waals surface area contributed by atoms with Crippen LogP contribution in [0.15, 0.2) is 23.3 Å². The van der Waals surface area contributed by atoms with Crippen LogP contribution in [-0.2, 0) is 0 Å². The largest absolute Gasteiger partial charge is 0.0956 e. The van der Waals surface area contributed by atoms with Gasteiger partial charge in [-0.3, -0.25) is 0 Å². The van der Waals surface area contributed by atoms with E-state index in [4.69, 9.17) is 0 Å². The lowest BCUT2D eigenvalue weighted by Crippen LogP contribution is -1.98. The zero-order valence-corrected chi connectivity index (χ0v) is 14.7. The summed E-state index contributed by atoms with van der Waals surface area (Å²) in [5.41, 5.74) is 4.84. The highest BCUT2D eigenvalue weighted by Gasteiger charge is 2.10. The van der Waals surface area contributed by atoms with Gasteiger partial charge in [-0.2, -0.15) is 0 Å². The van der Waals surface area contributed by atoms with Crippen molar-refractivity contribution in [2.24, 2.45) is 0 Å². The summed E-state index contributed by atoms with van der Waals surface area (Å²) in [6.07, 6.45) is 15.6. The average Bonchev–Trinajstić information content (AvgIpc) is 2.47. The van der Waals surface area contributed by atoms with E-state index in [9.17, 15) is 0 Å². The molecular formula is C20H38. The molecule has 0 bridgehead atoms. The van der Waals surface area contributed by atoms with E-state index in [0.29, 0.717) is 0 Å². The van der Waals surface area contributed by atoms with Crippen molar-refractivity contribution >= 4 is 0 Å². The van der Waals surface area contributed by atoms with Gasteiger partial charge in [0.2, 0.25) is 0 Å². The molecular weight excluding hydrogens is 240 g/mol. The molecule has 0 N–H and O–H groups in total. The minimum atomic E-state index is 1.21. The van der Waals surface area contributed by atoms with Crippen LogP contribution in [0.1, 0.15) is 105 Å². The molecule has 0 nitrogen and oxygen atoms in total. The maximum absolute atomic E-state index is 4.42. The molecule has 0 aliphatic carbocycles. The van der Waals surface area contributed by atoms with Gasteiger partial charge < -0.3 is 0 Å². The number of allylic oxidation sites excluding steroid dienone is 3. The molecule has 0 atom stereocenters. The van der Waals surface area contributed by atoms with Crippen LogP contribution in [0, 0.1) is 0 Å². The summed E-state index contributed by atoms with van der Waals surface area (Å²) < 4.78 is 0. The van der Waals surface area contributed by atoms with Gasteiger partial charge in [0.25, 0.3) is 0 Å². The maximum atomic E-state index is 4.42. The Morgan fingerprint density at radius 3 is 1.45 bits per heavy atom. The van der Waals surface area contributed by atoms with E-state index < -0.39 is 0 Å². The van der Waals surface area contributed by atoms with Crippen LogP contribution in [-0.4, -0.2) is 0 Å². The number of unbranched alkanes of at least 4 members (excludes halogenated alkanes) is 4. The number of rotatable bonds is 13. The minimum Gasteiger partial charge on any atom is -0.0956 e. The molecule has 0 aliphatic heterocycles. The smallest absolute Gasteiger partial charge is 0.0277 e. The first-order valence-electron chi connectivity index (χ1n) is 9.10. The molecule has 0 rings (SSSR count). The summed E-state index contributed by atoms with van der Waals surface area (Å²) in [4.78, 5) is 0. The van der Waals surface area contributed by atoms with E-state index in [-0.39, 0.29) is 0 Å². The summed E-state index contributed by atoms with van der Waals surface area (Å²) in [5, 5.41) is 0. The van der Waals surface area contributed by atoms with Gasteiger partial charge in [-0.05, 0) is 56.9 Å². The second kappa shape index (κ2) is 13.5. The van der Waals surface area contributed by atoms with Crippen molar-refractivity contribution in [2.45, 2.75) is 105 Å². The van der Waals surface area contributed by atoms with Gasteiger partial charge in [-0.15, -0.1) is 0 Å². The lowest BCUT2D eigenvalue weighted by Gasteiger charge is -2.18. The zero-order valence-electron chi connectivity index (χ0n) is 14.7. The molecule has 0 aromatic heterocycles. The van der Waals surface area contributed by atoms with Gasteiger partial charge in [0.1, 0.15) is 0 Å². The van der Waals surface area contributed by atoms with E-state index in [1.54, 1.807) is 11.1 Å². The Bertz CT molecular complexity index is 260. The van der Waals surface area contributed by atoms with Crippen LogP contribution in [0.25, 0.3) is 0 Å². The van der Waals surface area contributed by atoms with E-state index in [1.807, 2.05) is 0 Å². The second-order valence-electron chi connectivity index (χ2n) is 6.10. The van der Waals surface area contributed by atoms with Crippen molar-refractivity contribution in [3.8, 4) is 0 Å². The Morgan fingerprint density at radius 2 is 1.00 bits per heavy atom. The van der Waals surface area contributed by atoms with Gasteiger partial charge in [0.05, 0.1) is 0 Å². The highest BCUT2D eigenvalue weighted by molar-refractivity contribution is 5.33. The van der Waals surface area contributed by atoms with Crippen LogP contribution in [0.2, 0.25) is 0 Å². The SMILES string of the molecule is C=C(CCCC)C(CCCC)=C(CCCC)CCCC. The van der Waals surface area contributed by atoms with Gasteiger partial charge in [-0.1, -0.05) is 71.1 Å². The summed E-state index contributed by atoms with van der Waals surface area (Å²) >= 11 is 0. The Labute approximate surface area is 128 Å². The zero-order chi connectivity index (χ0) is 15.2. The second-order valence-corrected chi connectivity index (χ2v) is 6.10. The van der Waals surface area contributed by atoms with E-state index in [2.05, 4.69) is 34.3 Å². The van der Waals surface area contributed by atoms with Crippen molar-refractivity contribution in [3.63, 3.8) is 0 Å². The van der Waals surface area contributed by atoms with Crippen molar-refractivity contribution in [1.82, 2.24) is 0 Å². The molecule has 0 fully saturated rings. The fourth-order valence-electron chi connectivity index (χ4n) is 2.71. The number of hydrogen-bond acceptors (Lipinski definition) is 0. The fraction of sp³-hybridized carbons (Fsp3) is 0.800. The monoisotopic (exact) mass is 278 g/mol. The Hall–Kier alpha value is -0.520. The minimum absolute atomic E-state index is 1.21. The third-order valence-electron chi connectivity index (χ3n) is 4.13. The summed E-state index contributed by atoms with van der Waals surface area (Å²) in [5.74, 6) is 0. The van der Waals surface area contributed by atoms with Crippen LogP contribution < -0.4 is 0 Å². The molecule has 0 spiro atoms. The summed E-state index contributed by atoms with van der Waals surface area (Å²) in [6.45, 7) is 13.6. The third kappa shape index (κ3) is 8.61. The molecule has 0 heterocycles. The summed E-state index contributed by atoms with van der Waals surface area (Å²) in [6, 6.07) is 0. The van der Waals surface area contributed by atoms with Gasteiger partial charge >= 0.3 is 0 Å². The van der Waals surface area contributed by atoms with Crippen LogP contribution >= 0.6 is 0 Å². The molecule has 0 aromatic rings. The standard InChI is InChI=1S/C20H38/c1-6-10-14-18(5)20(17-13-9-4)19(15-11-7-2)16-12-8-3/h5-17H2,1-4H3. The Kier molecular flexibility index (Phi) is 13.1. The molecule has 0 heteroatoms. The van der Waals surface area contributed by atoms with Crippen LogP contribution in [0.4, 0.5) is 0 Å². The van der Waals surface area contributed by atoms with Crippen LogP contribution in [0.5, 0.6) is 0 Å². The first-order valence-corrected chi connectivity index (χ1v) is 9.10.